The van der Waals surface area contributed by atoms with Gasteiger partial charge in [0.15, 0.2) is 0 Å². The first-order valence-corrected chi connectivity index (χ1v) is 4.87. The van der Waals surface area contributed by atoms with Gasteiger partial charge in [0.25, 0.3) is 0 Å². The first-order chi connectivity index (χ1) is 7.79. The first-order valence-electron chi connectivity index (χ1n) is 4.87. The van der Waals surface area contributed by atoms with Crippen molar-refractivity contribution in [3.63, 3.8) is 0 Å². The van der Waals surface area contributed by atoms with Crippen LogP contribution in [0.3, 0.4) is 0 Å². The van der Waals surface area contributed by atoms with Gasteiger partial charge in [-0.15, -0.1) is 0 Å². The number of pyridine rings is 1. The van der Waals surface area contributed by atoms with E-state index in [9.17, 15) is 0 Å². The van der Waals surface area contributed by atoms with Crippen LogP contribution >= 0.6 is 0 Å². The monoisotopic (exact) mass is 213 g/mol. The van der Waals surface area contributed by atoms with Gasteiger partial charge in [-0.2, -0.15) is 10.4 Å². The van der Waals surface area contributed by atoms with Crippen LogP contribution in [0.15, 0.2) is 30.6 Å². The van der Waals surface area contributed by atoms with E-state index in [2.05, 4.69) is 21.5 Å². The summed E-state index contributed by atoms with van der Waals surface area (Å²) in [6.45, 7) is 0.562. The Kier molecular flexibility index (Phi) is 2.83. The number of hydrogen-bond acceptors (Lipinski definition) is 4. The molecule has 0 fully saturated rings. The predicted octanol–water partition coefficient (Wildman–Crippen LogP) is 1.30. The maximum Gasteiger partial charge on any atom is 0.144 e. The Labute approximate surface area is 93.4 Å². The van der Waals surface area contributed by atoms with Crippen molar-refractivity contribution in [3.05, 3.63) is 41.9 Å². The SMILES string of the molecule is Cn1ccc(CNc2ncccc2C#N)n1. The molecule has 0 aliphatic heterocycles. The number of aryl methyl sites for hydroxylation is 1. The molecule has 0 spiro atoms. The zero-order valence-electron chi connectivity index (χ0n) is 8.88. The van der Waals surface area contributed by atoms with Gasteiger partial charge in [-0.25, -0.2) is 4.98 Å². The lowest BCUT2D eigenvalue weighted by atomic mass is 10.3. The van der Waals surface area contributed by atoms with Crippen molar-refractivity contribution in [2.75, 3.05) is 5.32 Å². The zero-order valence-corrected chi connectivity index (χ0v) is 8.88. The molecule has 0 saturated carbocycles. The average molecular weight is 213 g/mol. The highest BCUT2D eigenvalue weighted by Gasteiger charge is 2.02. The average Bonchev–Trinajstić information content (AvgIpc) is 2.73. The van der Waals surface area contributed by atoms with Gasteiger partial charge in [0, 0.05) is 19.4 Å². The molecule has 2 rings (SSSR count). The molecule has 0 amide bonds. The van der Waals surface area contributed by atoms with Crippen molar-refractivity contribution in [1.29, 1.82) is 5.26 Å². The van der Waals surface area contributed by atoms with Gasteiger partial charge in [0.05, 0.1) is 17.8 Å². The fourth-order valence-electron chi connectivity index (χ4n) is 1.37. The molecule has 0 aliphatic rings. The Morgan fingerprint density at radius 3 is 3.06 bits per heavy atom. The van der Waals surface area contributed by atoms with E-state index < -0.39 is 0 Å². The quantitative estimate of drug-likeness (QED) is 0.834. The van der Waals surface area contributed by atoms with E-state index in [0.717, 1.165) is 5.69 Å². The van der Waals surface area contributed by atoms with Crippen molar-refractivity contribution in [2.24, 2.45) is 7.05 Å². The number of aromatic nitrogens is 3. The van der Waals surface area contributed by atoms with Crippen molar-refractivity contribution >= 4 is 5.82 Å². The van der Waals surface area contributed by atoms with Gasteiger partial charge >= 0.3 is 0 Å². The van der Waals surface area contributed by atoms with Crippen LogP contribution in [0.25, 0.3) is 0 Å². The van der Waals surface area contributed by atoms with Gasteiger partial charge in [0.1, 0.15) is 11.9 Å². The highest BCUT2D eigenvalue weighted by molar-refractivity contribution is 5.51. The topological polar surface area (TPSA) is 66.5 Å². The molecule has 16 heavy (non-hydrogen) atoms. The van der Waals surface area contributed by atoms with Gasteiger partial charge in [-0.3, -0.25) is 4.68 Å². The van der Waals surface area contributed by atoms with E-state index in [1.54, 1.807) is 23.0 Å². The van der Waals surface area contributed by atoms with E-state index >= 15 is 0 Å². The molecule has 0 saturated heterocycles. The minimum atomic E-state index is 0.540. The summed E-state index contributed by atoms with van der Waals surface area (Å²) >= 11 is 0. The Morgan fingerprint density at radius 2 is 2.38 bits per heavy atom. The summed E-state index contributed by atoms with van der Waals surface area (Å²) in [6, 6.07) is 7.48. The summed E-state index contributed by atoms with van der Waals surface area (Å²) in [5.41, 5.74) is 1.45. The minimum absolute atomic E-state index is 0.540. The summed E-state index contributed by atoms with van der Waals surface area (Å²) in [5.74, 6) is 0.593. The van der Waals surface area contributed by atoms with Crippen LogP contribution in [0.4, 0.5) is 5.82 Å². The third kappa shape index (κ3) is 2.17. The van der Waals surface area contributed by atoms with Crippen LogP contribution in [0.5, 0.6) is 0 Å². The molecule has 0 atom stereocenters. The first kappa shape index (κ1) is 10.2. The van der Waals surface area contributed by atoms with Crippen molar-refractivity contribution in [2.45, 2.75) is 6.54 Å². The lowest BCUT2D eigenvalue weighted by Gasteiger charge is -2.04. The molecule has 2 heterocycles. The third-order valence-electron chi connectivity index (χ3n) is 2.13. The molecule has 80 valence electrons. The number of hydrogen-bond donors (Lipinski definition) is 1. The van der Waals surface area contributed by atoms with Crippen LogP contribution in [-0.2, 0) is 13.6 Å². The fourth-order valence-corrected chi connectivity index (χ4v) is 1.37. The van der Waals surface area contributed by atoms with Crippen LogP contribution in [0.2, 0.25) is 0 Å². The predicted molar refractivity (Wildman–Crippen MR) is 59.5 cm³/mol. The molecular weight excluding hydrogens is 202 g/mol. The molecule has 0 radical (unpaired) electrons. The Hall–Kier alpha value is -2.35. The summed E-state index contributed by atoms with van der Waals surface area (Å²) in [7, 11) is 1.87. The zero-order chi connectivity index (χ0) is 11.4. The van der Waals surface area contributed by atoms with E-state index in [-0.39, 0.29) is 0 Å². The van der Waals surface area contributed by atoms with Crippen molar-refractivity contribution < 1.29 is 0 Å². The number of nitrogens with one attached hydrogen (secondary N) is 1. The van der Waals surface area contributed by atoms with Gasteiger partial charge < -0.3 is 5.32 Å². The van der Waals surface area contributed by atoms with Crippen LogP contribution in [0, 0.1) is 11.3 Å². The standard InChI is InChI=1S/C11H11N5/c1-16-6-4-10(15-16)8-14-11-9(7-12)3-2-5-13-11/h2-6H,8H2,1H3,(H,13,14). The highest BCUT2D eigenvalue weighted by Crippen LogP contribution is 2.10. The molecule has 5 nitrogen and oxygen atoms in total. The summed E-state index contributed by atoms with van der Waals surface area (Å²) in [6.07, 6.45) is 3.53. The number of anilines is 1. The molecule has 1 N–H and O–H groups in total. The third-order valence-corrected chi connectivity index (χ3v) is 2.13. The molecule has 0 unspecified atom stereocenters. The van der Waals surface area contributed by atoms with E-state index in [1.807, 2.05) is 19.3 Å². The number of nitrogens with zero attached hydrogens (tertiary/aromatic N) is 4. The largest absolute Gasteiger partial charge is 0.363 e. The van der Waals surface area contributed by atoms with Gasteiger partial charge in [0.2, 0.25) is 0 Å². The number of rotatable bonds is 3. The molecule has 2 aromatic rings. The Balaban J connectivity index is 2.08. The van der Waals surface area contributed by atoms with E-state index in [1.165, 1.54) is 0 Å². The Morgan fingerprint density at radius 1 is 1.50 bits per heavy atom. The summed E-state index contributed by atoms with van der Waals surface area (Å²) in [4.78, 5) is 4.10. The normalized spacial score (nSPS) is 9.75. The van der Waals surface area contributed by atoms with E-state index in [0.29, 0.717) is 17.9 Å². The number of nitriles is 1. The van der Waals surface area contributed by atoms with Gasteiger partial charge in [-0.05, 0) is 18.2 Å². The second-order valence-corrected chi connectivity index (χ2v) is 3.35. The molecule has 2 aromatic heterocycles. The summed E-state index contributed by atoms with van der Waals surface area (Å²) < 4.78 is 1.74. The second-order valence-electron chi connectivity index (χ2n) is 3.35. The maximum absolute atomic E-state index is 8.87. The minimum Gasteiger partial charge on any atom is -0.363 e. The lowest BCUT2D eigenvalue weighted by Crippen LogP contribution is -2.04. The molecular formula is C11H11N5. The molecule has 5 heteroatoms. The maximum atomic E-state index is 8.87. The fraction of sp³-hybridized carbons (Fsp3) is 0.182. The van der Waals surface area contributed by atoms with Gasteiger partial charge in [-0.1, -0.05) is 0 Å². The smallest absolute Gasteiger partial charge is 0.144 e. The van der Waals surface area contributed by atoms with Crippen LogP contribution in [0.1, 0.15) is 11.3 Å². The second kappa shape index (κ2) is 4.45. The molecule has 0 bridgehead atoms. The van der Waals surface area contributed by atoms with Crippen molar-refractivity contribution in [3.8, 4) is 6.07 Å². The van der Waals surface area contributed by atoms with Crippen LogP contribution < -0.4 is 5.32 Å². The molecule has 0 aromatic carbocycles. The molecule has 0 aliphatic carbocycles. The Bertz CT molecular complexity index is 523. The summed E-state index contributed by atoms with van der Waals surface area (Å²) in [5, 5.41) is 16.2. The van der Waals surface area contributed by atoms with E-state index in [4.69, 9.17) is 5.26 Å². The lowest BCUT2D eigenvalue weighted by molar-refractivity contribution is 0.747. The highest BCUT2D eigenvalue weighted by atomic mass is 15.3. The van der Waals surface area contributed by atoms with Crippen molar-refractivity contribution in [1.82, 2.24) is 14.8 Å². The van der Waals surface area contributed by atoms with Crippen LogP contribution in [-0.4, -0.2) is 14.8 Å².